The summed E-state index contributed by atoms with van der Waals surface area (Å²) < 4.78 is 5.67. The van der Waals surface area contributed by atoms with Gasteiger partial charge in [-0.15, -0.1) is 0 Å². The predicted octanol–water partition coefficient (Wildman–Crippen LogP) is 4.20. The second-order valence-corrected chi connectivity index (χ2v) is 6.91. The van der Waals surface area contributed by atoms with E-state index in [1.807, 2.05) is 36.2 Å². The Balaban J connectivity index is 1.77. The van der Waals surface area contributed by atoms with E-state index < -0.39 is 0 Å². The number of nitrogens with zero attached hydrogens (tertiary/aromatic N) is 1. The Morgan fingerprint density at radius 3 is 2.48 bits per heavy atom. The first-order valence-corrected chi connectivity index (χ1v) is 8.78. The lowest BCUT2D eigenvalue weighted by molar-refractivity contribution is 0.173. The van der Waals surface area contributed by atoms with Gasteiger partial charge < -0.3 is 15.0 Å². The highest BCUT2D eigenvalue weighted by Crippen LogP contribution is 2.21. The molecular weight excluding hydrogens is 288 g/mol. The maximum Gasteiger partial charge on any atom is 0.317 e. The topological polar surface area (TPSA) is 41.6 Å². The highest BCUT2D eigenvalue weighted by atomic mass is 16.5. The van der Waals surface area contributed by atoms with Gasteiger partial charge in [0.1, 0.15) is 5.75 Å². The molecule has 0 aliphatic heterocycles. The number of ether oxygens (including phenoxy) is 1. The average molecular weight is 318 g/mol. The molecule has 0 aromatic heterocycles. The molecule has 1 saturated carbocycles. The van der Waals surface area contributed by atoms with Crippen LogP contribution < -0.4 is 10.1 Å². The molecule has 0 atom stereocenters. The number of hydrogen-bond donors (Lipinski definition) is 1. The van der Waals surface area contributed by atoms with Crippen molar-refractivity contribution in [1.29, 1.82) is 0 Å². The molecule has 2 rings (SSSR count). The van der Waals surface area contributed by atoms with Gasteiger partial charge in [0, 0.05) is 19.6 Å². The summed E-state index contributed by atoms with van der Waals surface area (Å²) in [5.41, 5.74) is 1.09. The van der Waals surface area contributed by atoms with Crippen LogP contribution in [0.5, 0.6) is 5.75 Å². The second kappa shape index (κ2) is 8.80. The summed E-state index contributed by atoms with van der Waals surface area (Å²) in [4.78, 5) is 14.1. The van der Waals surface area contributed by atoms with Gasteiger partial charge in [0.15, 0.2) is 0 Å². The van der Waals surface area contributed by atoms with Crippen molar-refractivity contribution < 1.29 is 9.53 Å². The van der Waals surface area contributed by atoms with Crippen LogP contribution >= 0.6 is 0 Å². The SMILES string of the molecule is CC(C)COc1ccc(CNC(=O)N(C)C2CCCCC2)cc1. The van der Waals surface area contributed by atoms with Crippen LogP contribution in [0.15, 0.2) is 24.3 Å². The fraction of sp³-hybridized carbons (Fsp3) is 0.632. The molecule has 1 aliphatic rings. The molecule has 1 aromatic carbocycles. The van der Waals surface area contributed by atoms with E-state index in [-0.39, 0.29) is 6.03 Å². The van der Waals surface area contributed by atoms with Crippen LogP contribution in [0.3, 0.4) is 0 Å². The van der Waals surface area contributed by atoms with Crippen LogP contribution in [0.4, 0.5) is 4.79 Å². The number of nitrogens with one attached hydrogen (secondary N) is 1. The van der Waals surface area contributed by atoms with Crippen molar-refractivity contribution in [3.8, 4) is 5.75 Å². The summed E-state index contributed by atoms with van der Waals surface area (Å²) >= 11 is 0. The number of carbonyl (C=O) groups is 1. The summed E-state index contributed by atoms with van der Waals surface area (Å²) in [6.07, 6.45) is 6.04. The third kappa shape index (κ3) is 5.77. The van der Waals surface area contributed by atoms with Gasteiger partial charge in [0.05, 0.1) is 6.61 Å². The molecule has 1 aromatic rings. The Bertz CT molecular complexity index is 479. The zero-order chi connectivity index (χ0) is 16.7. The number of hydrogen-bond acceptors (Lipinski definition) is 2. The zero-order valence-electron chi connectivity index (χ0n) is 14.7. The van der Waals surface area contributed by atoms with Crippen molar-refractivity contribution in [3.05, 3.63) is 29.8 Å². The zero-order valence-corrected chi connectivity index (χ0v) is 14.7. The maximum atomic E-state index is 12.3. The lowest BCUT2D eigenvalue weighted by Crippen LogP contribution is -2.44. The molecule has 1 N–H and O–H groups in total. The van der Waals surface area contributed by atoms with Crippen LogP contribution in [0, 0.1) is 5.92 Å². The Hall–Kier alpha value is -1.71. The molecule has 23 heavy (non-hydrogen) atoms. The number of rotatable bonds is 6. The standard InChI is InChI=1S/C19H30N2O2/c1-15(2)14-23-18-11-9-16(10-12-18)13-20-19(22)21(3)17-7-5-4-6-8-17/h9-12,15,17H,4-8,13-14H2,1-3H3,(H,20,22). The number of amides is 2. The fourth-order valence-electron chi connectivity index (χ4n) is 2.90. The molecule has 128 valence electrons. The molecule has 0 heterocycles. The van der Waals surface area contributed by atoms with Crippen LogP contribution in [-0.4, -0.2) is 30.6 Å². The minimum absolute atomic E-state index is 0.0250. The Morgan fingerprint density at radius 2 is 1.87 bits per heavy atom. The average Bonchev–Trinajstić information content (AvgIpc) is 2.58. The van der Waals surface area contributed by atoms with E-state index in [2.05, 4.69) is 19.2 Å². The molecular formula is C19H30N2O2. The first-order valence-electron chi connectivity index (χ1n) is 8.78. The van der Waals surface area contributed by atoms with Crippen LogP contribution in [0.1, 0.15) is 51.5 Å². The normalized spacial score (nSPS) is 15.5. The van der Waals surface area contributed by atoms with Crippen molar-refractivity contribution >= 4 is 6.03 Å². The second-order valence-electron chi connectivity index (χ2n) is 6.91. The van der Waals surface area contributed by atoms with Gasteiger partial charge >= 0.3 is 6.03 Å². The largest absolute Gasteiger partial charge is 0.493 e. The van der Waals surface area contributed by atoms with E-state index in [4.69, 9.17) is 4.74 Å². The lowest BCUT2D eigenvalue weighted by atomic mass is 9.95. The fourth-order valence-corrected chi connectivity index (χ4v) is 2.90. The van der Waals surface area contributed by atoms with Gasteiger partial charge in [-0.3, -0.25) is 0 Å². The molecule has 0 radical (unpaired) electrons. The third-order valence-corrected chi connectivity index (χ3v) is 4.39. The van der Waals surface area contributed by atoms with E-state index in [0.29, 0.717) is 18.5 Å². The molecule has 0 unspecified atom stereocenters. The minimum Gasteiger partial charge on any atom is -0.493 e. The molecule has 4 nitrogen and oxygen atoms in total. The highest BCUT2D eigenvalue weighted by Gasteiger charge is 2.21. The number of urea groups is 1. The molecule has 0 bridgehead atoms. The smallest absolute Gasteiger partial charge is 0.317 e. The summed E-state index contributed by atoms with van der Waals surface area (Å²) in [6.45, 7) is 5.54. The van der Waals surface area contributed by atoms with Crippen LogP contribution in [0.2, 0.25) is 0 Å². The summed E-state index contributed by atoms with van der Waals surface area (Å²) in [6, 6.07) is 8.38. The number of carbonyl (C=O) groups excluding carboxylic acids is 1. The van der Waals surface area contributed by atoms with E-state index in [9.17, 15) is 4.79 Å². The van der Waals surface area contributed by atoms with E-state index in [1.54, 1.807) is 0 Å². The van der Waals surface area contributed by atoms with Crippen molar-refractivity contribution in [2.75, 3.05) is 13.7 Å². The van der Waals surface area contributed by atoms with Crippen molar-refractivity contribution in [3.63, 3.8) is 0 Å². The van der Waals surface area contributed by atoms with E-state index in [1.165, 1.54) is 19.3 Å². The van der Waals surface area contributed by atoms with Crippen molar-refractivity contribution in [2.45, 2.75) is 58.5 Å². The van der Waals surface area contributed by atoms with Crippen molar-refractivity contribution in [1.82, 2.24) is 10.2 Å². The molecule has 1 aliphatic carbocycles. The van der Waals surface area contributed by atoms with Gasteiger partial charge in [0.2, 0.25) is 0 Å². The molecule has 0 spiro atoms. The number of benzene rings is 1. The lowest BCUT2D eigenvalue weighted by Gasteiger charge is -2.31. The van der Waals surface area contributed by atoms with Crippen LogP contribution in [-0.2, 0) is 6.54 Å². The monoisotopic (exact) mass is 318 g/mol. The minimum atomic E-state index is 0.0250. The third-order valence-electron chi connectivity index (χ3n) is 4.39. The van der Waals surface area contributed by atoms with Crippen LogP contribution in [0.25, 0.3) is 0 Å². The highest BCUT2D eigenvalue weighted by molar-refractivity contribution is 5.74. The Morgan fingerprint density at radius 1 is 1.22 bits per heavy atom. The van der Waals surface area contributed by atoms with E-state index in [0.717, 1.165) is 30.8 Å². The van der Waals surface area contributed by atoms with Crippen molar-refractivity contribution in [2.24, 2.45) is 5.92 Å². The molecule has 2 amide bonds. The molecule has 0 saturated heterocycles. The van der Waals surface area contributed by atoms with Gasteiger partial charge in [-0.2, -0.15) is 0 Å². The Kier molecular flexibility index (Phi) is 6.75. The summed E-state index contributed by atoms with van der Waals surface area (Å²) in [7, 11) is 1.91. The molecule has 1 fully saturated rings. The van der Waals surface area contributed by atoms with Gasteiger partial charge in [-0.05, 0) is 36.5 Å². The maximum absolute atomic E-state index is 12.3. The van der Waals surface area contributed by atoms with Gasteiger partial charge in [0.25, 0.3) is 0 Å². The quantitative estimate of drug-likeness (QED) is 0.854. The van der Waals surface area contributed by atoms with Gasteiger partial charge in [-0.25, -0.2) is 4.79 Å². The first kappa shape index (κ1) is 17.6. The Labute approximate surface area is 140 Å². The van der Waals surface area contributed by atoms with Gasteiger partial charge in [-0.1, -0.05) is 45.2 Å². The molecule has 4 heteroatoms. The summed E-state index contributed by atoms with van der Waals surface area (Å²) in [5.74, 6) is 1.40. The predicted molar refractivity (Wildman–Crippen MR) is 93.6 cm³/mol. The van der Waals surface area contributed by atoms with E-state index >= 15 is 0 Å². The summed E-state index contributed by atoms with van der Waals surface area (Å²) in [5, 5.41) is 3.01. The first-order chi connectivity index (χ1) is 11.1.